The number of benzene rings is 4. The SMILES string of the molecule is CCCCC(CC)C(CC#N)OP(O[C@H]1C[C@H](n2cnc3c(NCc4ccccc4)ncnc32)O[C@@H]1COC(c1ccccc1)(c1ccc(OC)cc1)c1ccc(OC)cc1)c1cnc[nH]1. The van der Waals surface area contributed by atoms with Gasteiger partial charge in [-0.1, -0.05) is 118 Å². The zero-order valence-corrected chi connectivity index (χ0v) is 38.7. The van der Waals surface area contributed by atoms with Crippen LogP contribution in [-0.4, -0.2) is 68.6 Å². The number of H-pyrrole nitrogens is 1. The van der Waals surface area contributed by atoms with Crippen LogP contribution in [0.3, 0.4) is 0 Å². The average Bonchev–Trinajstić information content (AvgIpc) is 4.16. The quantitative estimate of drug-likeness (QED) is 0.0462. The molecule has 3 aromatic heterocycles. The third-order valence-electron chi connectivity index (χ3n) is 12.2. The Labute approximate surface area is 387 Å². The Balaban J connectivity index is 1.18. The van der Waals surface area contributed by atoms with E-state index in [1.807, 2.05) is 89.5 Å². The highest BCUT2D eigenvalue weighted by Crippen LogP contribution is 2.48. The topological polar surface area (TPSA) is 163 Å². The van der Waals surface area contributed by atoms with E-state index < -0.39 is 32.4 Å². The van der Waals surface area contributed by atoms with Gasteiger partial charge in [0.25, 0.3) is 0 Å². The number of rotatable bonds is 23. The van der Waals surface area contributed by atoms with Crippen LogP contribution in [0.1, 0.15) is 80.9 Å². The summed E-state index contributed by atoms with van der Waals surface area (Å²) in [4.78, 5) is 21.7. The summed E-state index contributed by atoms with van der Waals surface area (Å²) in [7, 11) is 1.53. The molecule has 0 radical (unpaired) electrons. The van der Waals surface area contributed by atoms with Gasteiger partial charge in [0, 0.05) is 13.0 Å². The summed E-state index contributed by atoms with van der Waals surface area (Å²) in [5, 5.41) is 13.5. The monoisotopic (exact) mass is 908 g/mol. The van der Waals surface area contributed by atoms with Crippen molar-refractivity contribution in [2.45, 2.75) is 89.1 Å². The van der Waals surface area contributed by atoms with Crippen molar-refractivity contribution in [2.24, 2.45) is 5.92 Å². The Morgan fingerprint density at radius 2 is 1.58 bits per heavy atom. The van der Waals surface area contributed by atoms with Crippen molar-refractivity contribution in [3.63, 3.8) is 0 Å². The smallest absolute Gasteiger partial charge is 0.225 e. The summed E-state index contributed by atoms with van der Waals surface area (Å²) < 4.78 is 41.8. The van der Waals surface area contributed by atoms with Gasteiger partial charge in [-0.3, -0.25) is 4.57 Å². The van der Waals surface area contributed by atoms with E-state index in [4.69, 9.17) is 38.0 Å². The molecule has 15 heteroatoms. The summed E-state index contributed by atoms with van der Waals surface area (Å²) in [5.74, 6) is 2.24. The molecule has 14 nitrogen and oxygen atoms in total. The number of aromatic amines is 1. The molecule has 1 saturated heterocycles. The lowest BCUT2D eigenvalue weighted by Crippen LogP contribution is -2.38. The van der Waals surface area contributed by atoms with Gasteiger partial charge in [-0.2, -0.15) is 5.26 Å². The average molecular weight is 909 g/mol. The van der Waals surface area contributed by atoms with Gasteiger partial charge in [0.15, 0.2) is 17.0 Å². The number of hydrogen-bond donors (Lipinski definition) is 2. The van der Waals surface area contributed by atoms with E-state index in [0.717, 1.165) is 59.4 Å². The van der Waals surface area contributed by atoms with E-state index in [0.29, 0.717) is 35.4 Å². The number of nitrogens with zero attached hydrogens (tertiary/aromatic N) is 6. The molecule has 1 fully saturated rings. The molecule has 0 amide bonds. The fraction of sp³-hybridized carbons (Fsp3) is 0.353. The molecule has 4 heterocycles. The Morgan fingerprint density at radius 3 is 2.20 bits per heavy atom. The molecule has 0 bridgehead atoms. The van der Waals surface area contributed by atoms with E-state index in [1.54, 1.807) is 39.4 Å². The molecule has 0 saturated carbocycles. The number of aromatic nitrogens is 6. The zero-order valence-electron chi connectivity index (χ0n) is 37.8. The second kappa shape index (κ2) is 22.3. The van der Waals surface area contributed by atoms with Crippen LogP contribution in [0.5, 0.6) is 11.5 Å². The van der Waals surface area contributed by atoms with E-state index in [-0.39, 0.29) is 25.0 Å². The van der Waals surface area contributed by atoms with E-state index in [1.165, 1.54) is 0 Å². The standard InChI is InChI=1S/C51H57N8O6P/c1-5-7-16-37(6-2)43(27-28-52)64-66(46-31-53-33-55-46)65-44-29-47(59-35-58-48-49(56-34-57-50(48)59)54-30-36-14-10-8-11-15-36)63-45(44)32-62-51(38-17-12-9-13-18-38,39-19-23-41(60-3)24-20-39)40-21-25-42(61-4)26-22-40/h8-15,17-26,31,33-35,37,43-45,47H,5-7,16,27,29-30,32H2,1-4H3,(H,53,55)(H,54,56,57)/t37?,43?,44-,45+,47+,66?/m0/s1. The lowest BCUT2D eigenvalue weighted by atomic mass is 9.80. The molecule has 4 aromatic carbocycles. The van der Waals surface area contributed by atoms with Crippen LogP contribution in [-0.2, 0) is 30.7 Å². The molecule has 7 aromatic rings. The largest absolute Gasteiger partial charge is 0.497 e. The molecule has 2 N–H and O–H groups in total. The Hall–Kier alpha value is -6.20. The first kappa shape index (κ1) is 46.3. The minimum absolute atomic E-state index is 0.0987. The first-order chi connectivity index (χ1) is 32.5. The van der Waals surface area contributed by atoms with Crippen molar-refractivity contribution < 1.29 is 28.0 Å². The third-order valence-corrected chi connectivity index (χ3v) is 13.8. The molecule has 3 unspecified atom stereocenters. The molecule has 342 valence electrons. The summed E-state index contributed by atoms with van der Waals surface area (Å²) in [6.45, 7) is 5.01. The van der Waals surface area contributed by atoms with Crippen LogP contribution in [0.4, 0.5) is 5.82 Å². The van der Waals surface area contributed by atoms with Crippen molar-refractivity contribution in [1.29, 1.82) is 5.26 Å². The number of fused-ring (bicyclic) bond motifs is 1. The Morgan fingerprint density at radius 1 is 0.894 bits per heavy atom. The van der Waals surface area contributed by atoms with Gasteiger partial charge in [0.2, 0.25) is 8.38 Å². The van der Waals surface area contributed by atoms with Crippen LogP contribution in [0.2, 0.25) is 0 Å². The number of imidazole rings is 2. The van der Waals surface area contributed by atoms with Gasteiger partial charge in [-0.15, -0.1) is 0 Å². The summed E-state index contributed by atoms with van der Waals surface area (Å²) in [5.41, 5.74) is 4.63. The highest BCUT2D eigenvalue weighted by atomic mass is 31.2. The molecule has 6 atom stereocenters. The Kier molecular flexibility index (Phi) is 15.7. The van der Waals surface area contributed by atoms with Crippen molar-refractivity contribution >= 4 is 30.8 Å². The van der Waals surface area contributed by atoms with Crippen molar-refractivity contribution in [2.75, 3.05) is 26.1 Å². The molecule has 1 aliphatic heterocycles. The number of anilines is 1. The molecule has 8 rings (SSSR count). The maximum absolute atomic E-state index is 10.0. The fourth-order valence-electron chi connectivity index (χ4n) is 8.62. The first-order valence-electron chi connectivity index (χ1n) is 22.6. The molecular formula is C51H57N8O6P. The number of methoxy groups -OCH3 is 2. The molecule has 1 aliphatic rings. The molecule has 66 heavy (non-hydrogen) atoms. The third kappa shape index (κ3) is 10.4. The van der Waals surface area contributed by atoms with Gasteiger partial charge in [0.05, 0.1) is 64.4 Å². The number of nitriles is 1. The predicted octanol–water partition coefficient (Wildman–Crippen LogP) is 10.0. The maximum atomic E-state index is 10.0. The van der Waals surface area contributed by atoms with Gasteiger partial charge < -0.3 is 38.3 Å². The normalized spacial score (nSPS) is 17.5. The van der Waals surface area contributed by atoms with Crippen LogP contribution in [0.25, 0.3) is 11.2 Å². The minimum Gasteiger partial charge on any atom is -0.497 e. The number of hydrogen-bond acceptors (Lipinski definition) is 12. The van der Waals surface area contributed by atoms with Gasteiger partial charge in [0.1, 0.15) is 41.2 Å². The van der Waals surface area contributed by atoms with Gasteiger partial charge in [-0.25, -0.2) is 19.9 Å². The predicted molar refractivity (Wildman–Crippen MR) is 254 cm³/mol. The summed E-state index contributed by atoms with van der Waals surface area (Å²) in [6.07, 6.45) is 9.13. The Bertz CT molecular complexity index is 2550. The second-order valence-electron chi connectivity index (χ2n) is 16.2. The second-order valence-corrected chi connectivity index (χ2v) is 17.6. The van der Waals surface area contributed by atoms with Crippen LogP contribution >= 0.6 is 8.38 Å². The van der Waals surface area contributed by atoms with E-state index in [2.05, 4.69) is 64.5 Å². The minimum atomic E-state index is -1.78. The van der Waals surface area contributed by atoms with Crippen molar-refractivity contribution in [3.05, 3.63) is 157 Å². The molecular weight excluding hydrogens is 852 g/mol. The van der Waals surface area contributed by atoms with E-state index in [9.17, 15) is 5.26 Å². The lowest BCUT2D eigenvalue weighted by Gasteiger charge is -2.37. The highest BCUT2D eigenvalue weighted by molar-refractivity contribution is 7.55. The van der Waals surface area contributed by atoms with Crippen LogP contribution in [0, 0.1) is 17.2 Å². The lowest BCUT2D eigenvalue weighted by molar-refractivity contribution is -0.0905. The number of ether oxygens (including phenoxy) is 4. The van der Waals surface area contributed by atoms with Gasteiger partial charge in [-0.05, 0) is 58.9 Å². The van der Waals surface area contributed by atoms with Crippen molar-refractivity contribution in [1.82, 2.24) is 29.5 Å². The van der Waals surface area contributed by atoms with Crippen molar-refractivity contribution in [3.8, 4) is 17.6 Å². The van der Waals surface area contributed by atoms with Crippen LogP contribution < -0.4 is 20.2 Å². The summed E-state index contributed by atoms with van der Waals surface area (Å²) >= 11 is 0. The highest BCUT2D eigenvalue weighted by Gasteiger charge is 2.45. The fourth-order valence-corrected chi connectivity index (χ4v) is 10.2. The van der Waals surface area contributed by atoms with E-state index >= 15 is 0 Å². The number of nitrogens with one attached hydrogen (secondary N) is 2. The number of unbranched alkanes of at least 4 members (excludes halogenated alkanes) is 1. The molecule has 0 aliphatic carbocycles. The van der Waals surface area contributed by atoms with Crippen LogP contribution in [0.15, 0.2) is 134 Å². The maximum Gasteiger partial charge on any atom is 0.225 e. The van der Waals surface area contributed by atoms with Gasteiger partial charge >= 0.3 is 0 Å². The summed E-state index contributed by atoms with van der Waals surface area (Å²) in [6, 6.07) is 38.6. The zero-order chi connectivity index (χ0) is 45.7. The molecule has 0 spiro atoms. The first-order valence-corrected chi connectivity index (χ1v) is 23.7.